The Bertz CT molecular complexity index is 545. The fraction of sp³-hybridized carbons (Fsp3) is 0.429. The second kappa shape index (κ2) is 5.21. The minimum Gasteiger partial charge on any atom is -0.370 e. The number of hydrogen-bond acceptors (Lipinski definition) is 3. The molecule has 0 amide bonds. The molecule has 0 saturated carbocycles. The Balaban J connectivity index is 1.84. The minimum absolute atomic E-state index is 0.792. The molecule has 1 aromatic carbocycles. The average molecular weight is 277 g/mol. The third-order valence-electron chi connectivity index (χ3n) is 3.77. The summed E-state index contributed by atoms with van der Waals surface area (Å²) in [6.45, 7) is 4.49. The van der Waals surface area contributed by atoms with Gasteiger partial charge in [-0.15, -0.1) is 10.2 Å². The average Bonchev–Trinajstić information content (AvgIpc) is 2.94. The van der Waals surface area contributed by atoms with Gasteiger partial charge in [0.25, 0.3) is 0 Å². The number of aromatic nitrogens is 3. The summed E-state index contributed by atoms with van der Waals surface area (Å²) in [5.74, 6) is 0.825. The van der Waals surface area contributed by atoms with Gasteiger partial charge >= 0.3 is 0 Å². The van der Waals surface area contributed by atoms with Crippen molar-refractivity contribution < 1.29 is 0 Å². The third kappa shape index (κ3) is 2.59. The van der Waals surface area contributed by atoms with Crippen LogP contribution in [0.3, 0.4) is 0 Å². The molecular formula is C14H17ClN4. The van der Waals surface area contributed by atoms with E-state index in [1.54, 1.807) is 12.7 Å². The predicted molar refractivity (Wildman–Crippen MR) is 77.0 cm³/mol. The number of benzene rings is 1. The van der Waals surface area contributed by atoms with E-state index in [1.165, 1.54) is 12.8 Å². The van der Waals surface area contributed by atoms with Crippen molar-refractivity contribution in [3.63, 3.8) is 0 Å². The zero-order valence-electron chi connectivity index (χ0n) is 11.0. The zero-order chi connectivity index (χ0) is 13.2. The lowest BCUT2D eigenvalue weighted by atomic mass is 9.99. The van der Waals surface area contributed by atoms with Gasteiger partial charge in [0.05, 0.1) is 10.7 Å². The van der Waals surface area contributed by atoms with Gasteiger partial charge in [0.2, 0.25) is 0 Å². The molecule has 1 aromatic heterocycles. The van der Waals surface area contributed by atoms with Crippen LogP contribution in [0.1, 0.15) is 19.8 Å². The van der Waals surface area contributed by atoms with Gasteiger partial charge in [-0.3, -0.25) is 4.57 Å². The van der Waals surface area contributed by atoms with Gasteiger partial charge in [0, 0.05) is 18.8 Å². The van der Waals surface area contributed by atoms with E-state index in [0.29, 0.717) is 0 Å². The van der Waals surface area contributed by atoms with Crippen LogP contribution in [0.4, 0.5) is 5.69 Å². The van der Waals surface area contributed by atoms with E-state index in [4.69, 9.17) is 11.6 Å². The molecule has 0 aliphatic carbocycles. The van der Waals surface area contributed by atoms with Crippen LogP contribution < -0.4 is 4.90 Å². The van der Waals surface area contributed by atoms with Crippen LogP contribution in [-0.2, 0) is 0 Å². The van der Waals surface area contributed by atoms with E-state index in [9.17, 15) is 0 Å². The van der Waals surface area contributed by atoms with Crippen molar-refractivity contribution in [2.75, 3.05) is 18.0 Å². The third-order valence-corrected chi connectivity index (χ3v) is 4.08. The Labute approximate surface area is 118 Å². The summed E-state index contributed by atoms with van der Waals surface area (Å²) in [6.07, 6.45) is 5.83. The zero-order valence-corrected chi connectivity index (χ0v) is 11.7. The van der Waals surface area contributed by atoms with Crippen molar-refractivity contribution in [1.29, 1.82) is 0 Å². The van der Waals surface area contributed by atoms with Gasteiger partial charge in [-0.1, -0.05) is 18.5 Å². The Hall–Kier alpha value is -1.55. The van der Waals surface area contributed by atoms with E-state index >= 15 is 0 Å². The van der Waals surface area contributed by atoms with Gasteiger partial charge < -0.3 is 4.90 Å². The highest BCUT2D eigenvalue weighted by Crippen LogP contribution is 2.31. The summed E-state index contributed by atoms with van der Waals surface area (Å²) in [4.78, 5) is 2.37. The van der Waals surface area contributed by atoms with Gasteiger partial charge in [-0.2, -0.15) is 0 Å². The monoisotopic (exact) mass is 276 g/mol. The molecule has 0 atom stereocenters. The number of anilines is 1. The first-order valence-electron chi connectivity index (χ1n) is 6.63. The molecule has 0 N–H and O–H groups in total. The molecular weight excluding hydrogens is 260 g/mol. The molecule has 0 radical (unpaired) electrons. The Morgan fingerprint density at radius 1 is 1.16 bits per heavy atom. The quantitative estimate of drug-likeness (QED) is 0.845. The molecule has 0 bridgehead atoms. The molecule has 1 fully saturated rings. The largest absolute Gasteiger partial charge is 0.370 e. The minimum atomic E-state index is 0.792. The van der Waals surface area contributed by atoms with Crippen molar-refractivity contribution in [1.82, 2.24) is 14.8 Å². The second-order valence-electron chi connectivity index (χ2n) is 5.17. The standard InChI is InChI=1S/C14H17ClN4/c1-11-4-6-18(7-5-11)14-3-2-12(8-13(14)15)19-9-16-17-10-19/h2-3,8-11H,4-7H2,1H3. The van der Waals surface area contributed by atoms with Gasteiger partial charge in [0.1, 0.15) is 12.7 Å². The number of nitrogens with zero attached hydrogens (tertiary/aromatic N) is 4. The predicted octanol–water partition coefficient (Wildman–Crippen LogP) is 3.16. The Morgan fingerprint density at radius 3 is 2.47 bits per heavy atom. The van der Waals surface area contributed by atoms with Gasteiger partial charge in [0.15, 0.2) is 0 Å². The fourth-order valence-electron chi connectivity index (χ4n) is 2.50. The first kappa shape index (κ1) is 12.5. The molecule has 4 nitrogen and oxygen atoms in total. The second-order valence-corrected chi connectivity index (χ2v) is 5.58. The van der Waals surface area contributed by atoms with Crippen LogP contribution >= 0.6 is 11.6 Å². The molecule has 3 rings (SSSR count). The number of rotatable bonds is 2. The lowest BCUT2D eigenvalue weighted by molar-refractivity contribution is 0.438. The van der Waals surface area contributed by atoms with E-state index < -0.39 is 0 Å². The van der Waals surface area contributed by atoms with E-state index in [-0.39, 0.29) is 0 Å². The summed E-state index contributed by atoms with van der Waals surface area (Å²) in [6, 6.07) is 6.12. The number of hydrogen-bond donors (Lipinski definition) is 0. The van der Waals surface area contributed by atoms with E-state index in [2.05, 4.69) is 34.2 Å². The van der Waals surface area contributed by atoms with Crippen LogP contribution in [0.5, 0.6) is 0 Å². The molecule has 1 saturated heterocycles. The van der Waals surface area contributed by atoms with E-state index in [1.807, 2.05) is 10.6 Å². The molecule has 100 valence electrons. The molecule has 0 unspecified atom stereocenters. The molecule has 2 aromatic rings. The number of halogens is 1. The normalized spacial score (nSPS) is 16.8. The first-order valence-corrected chi connectivity index (χ1v) is 7.01. The highest BCUT2D eigenvalue weighted by Gasteiger charge is 2.18. The molecule has 0 spiro atoms. The maximum absolute atomic E-state index is 6.42. The van der Waals surface area contributed by atoms with Gasteiger partial charge in [-0.25, -0.2) is 0 Å². The van der Waals surface area contributed by atoms with Crippen LogP contribution in [0.15, 0.2) is 30.9 Å². The van der Waals surface area contributed by atoms with Crippen molar-refractivity contribution in [3.05, 3.63) is 35.9 Å². The molecule has 1 aliphatic rings. The van der Waals surface area contributed by atoms with Gasteiger partial charge in [-0.05, 0) is 37.0 Å². The maximum Gasteiger partial charge on any atom is 0.123 e. The lowest BCUT2D eigenvalue weighted by Gasteiger charge is -2.32. The SMILES string of the molecule is CC1CCN(c2ccc(-n3cnnc3)cc2Cl)CC1. The molecule has 19 heavy (non-hydrogen) atoms. The Morgan fingerprint density at radius 2 is 1.84 bits per heavy atom. The highest BCUT2D eigenvalue weighted by atomic mass is 35.5. The lowest BCUT2D eigenvalue weighted by Crippen LogP contribution is -2.32. The molecule has 1 aliphatic heterocycles. The summed E-state index contributed by atoms with van der Waals surface area (Å²) in [5.41, 5.74) is 2.12. The summed E-state index contributed by atoms with van der Waals surface area (Å²) in [5, 5.41) is 8.41. The van der Waals surface area contributed by atoms with E-state index in [0.717, 1.165) is 35.4 Å². The molecule has 2 heterocycles. The Kier molecular flexibility index (Phi) is 3.42. The maximum atomic E-state index is 6.42. The van der Waals surface area contributed by atoms with Crippen molar-refractivity contribution in [3.8, 4) is 5.69 Å². The van der Waals surface area contributed by atoms with Crippen molar-refractivity contribution in [2.45, 2.75) is 19.8 Å². The van der Waals surface area contributed by atoms with Crippen LogP contribution in [0.2, 0.25) is 5.02 Å². The summed E-state index contributed by atoms with van der Waals surface area (Å²) in [7, 11) is 0. The number of piperidine rings is 1. The topological polar surface area (TPSA) is 34.0 Å². The summed E-state index contributed by atoms with van der Waals surface area (Å²) < 4.78 is 1.86. The van der Waals surface area contributed by atoms with Crippen LogP contribution in [0, 0.1) is 5.92 Å². The van der Waals surface area contributed by atoms with Crippen molar-refractivity contribution in [2.24, 2.45) is 5.92 Å². The fourth-order valence-corrected chi connectivity index (χ4v) is 2.79. The smallest absolute Gasteiger partial charge is 0.123 e. The summed E-state index contributed by atoms with van der Waals surface area (Å²) >= 11 is 6.42. The van der Waals surface area contributed by atoms with Crippen molar-refractivity contribution >= 4 is 17.3 Å². The van der Waals surface area contributed by atoms with Crippen LogP contribution in [0.25, 0.3) is 5.69 Å². The van der Waals surface area contributed by atoms with Crippen LogP contribution in [-0.4, -0.2) is 27.9 Å². The highest BCUT2D eigenvalue weighted by molar-refractivity contribution is 6.33. The first-order chi connectivity index (χ1) is 9.24. The molecule has 5 heteroatoms.